The standard InChI is InChI=1S/C12H13BrN4OS/c1-15-6-7-2-3-8(13)4-9(7)19-12-16-10(14)5-11(18)17-12/h2-5,15H,6H2,1H3,(H3,14,16,17,18). The number of nitrogen functional groups attached to an aromatic ring is 1. The Morgan fingerprint density at radius 2 is 2.26 bits per heavy atom. The number of aromatic nitrogens is 2. The van der Waals surface area contributed by atoms with Crippen LogP contribution in [0.15, 0.2) is 43.6 Å². The van der Waals surface area contributed by atoms with E-state index in [1.54, 1.807) is 0 Å². The predicted octanol–water partition coefficient (Wildman–Crippen LogP) is 1.99. The maximum absolute atomic E-state index is 11.4. The zero-order valence-electron chi connectivity index (χ0n) is 10.2. The molecule has 100 valence electrons. The molecule has 1 heterocycles. The molecule has 0 amide bonds. The molecule has 0 fully saturated rings. The van der Waals surface area contributed by atoms with Gasteiger partial charge in [0.15, 0.2) is 5.16 Å². The Balaban J connectivity index is 2.36. The van der Waals surface area contributed by atoms with E-state index in [2.05, 4.69) is 31.2 Å². The van der Waals surface area contributed by atoms with Gasteiger partial charge in [-0.15, -0.1) is 0 Å². The Morgan fingerprint density at radius 1 is 1.47 bits per heavy atom. The van der Waals surface area contributed by atoms with Gasteiger partial charge >= 0.3 is 0 Å². The lowest BCUT2D eigenvalue weighted by atomic mass is 10.2. The number of hydrogen-bond acceptors (Lipinski definition) is 5. The highest BCUT2D eigenvalue weighted by molar-refractivity contribution is 9.10. The molecule has 0 saturated carbocycles. The Bertz CT molecular complexity index is 644. The Hall–Kier alpha value is -1.31. The van der Waals surface area contributed by atoms with Gasteiger partial charge in [-0.25, -0.2) is 4.98 Å². The predicted molar refractivity (Wildman–Crippen MR) is 80.3 cm³/mol. The van der Waals surface area contributed by atoms with Crippen molar-refractivity contribution in [1.82, 2.24) is 15.3 Å². The molecule has 0 aliphatic rings. The fourth-order valence-electron chi connectivity index (χ4n) is 1.57. The second kappa shape index (κ2) is 6.23. The molecule has 2 aromatic rings. The number of nitrogens with zero attached hydrogens (tertiary/aromatic N) is 1. The van der Waals surface area contributed by atoms with Gasteiger partial charge in [0.1, 0.15) is 5.82 Å². The van der Waals surface area contributed by atoms with Gasteiger partial charge in [0.05, 0.1) is 0 Å². The first-order valence-corrected chi connectivity index (χ1v) is 7.17. The first kappa shape index (κ1) is 14.1. The average Bonchev–Trinajstić information content (AvgIpc) is 2.31. The van der Waals surface area contributed by atoms with Crippen molar-refractivity contribution in [1.29, 1.82) is 0 Å². The average molecular weight is 341 g/mol. The van der Waals surface area contributed by atoms with Crippen LogP contribution in [0, 0.1) is 0 Å². The Morgan fingerprint density at radius 3 is 2.95 bits per heavy atom. The van der Waals surface area contributed by atoms with E-state index >= 15 is 0 Å². The van der Waals surface area contributed by atoms with Gasteiger partial charge < -0.3 is 16.0 Å². The third-order valence-electron chi connectivity index (χ3n) is 2.34. The largest absolute Gasteiger partial charge is 0.383 e. The monoisotopic (exact) mass is 340 g/mol. The number of nitrogens with one attached hydrogen (secondary N) is 2. The Kier molecular flexibility index (Phi) is 4.62. The van der Waals surface area contributed by atoms with Crippen LogP contribution < -0.4 is 16.6 Å². The molecule has 7 heteroatoms. The summed E-state index contributed by atoms with van der Waals surface area (Å²) in [6.45, 7) is 0.738. The van der Waals surface area contributed by atoms with Crippen molar-refractivity contribution in [3.63, 3.8) is 0 Å². The van der Waals surface area contributed by atoms with E-state index < -0.39 is 0 Å². The lowest BCUT2D eigenvalue weighted by molar-refractivity contribution is 0.802. The summed E-state index contributed by atoms with van der Waals surface area (Å²) in [6, 6.07) is 7.25. The molecular weight excluding hydrogens is 328 g/mol. The van der Waals surface area contributed by atoms with Crippen molar-refractivity contribution >= 4 is 33.5 Å². The molecule has 0 atom stereocenters. The summed E-state index contributed by atoms with van der Waals surface area (Å²) in [6.07, 6.45) is 0. The van der Waals surface area contributed by atoms with Crippen molar-refractivity contribution in [3.05, 3.63) is 44.7 Å². The molecule has 19 heavy (non-hydrogen) atoms. The minimum absolute atomic E-state index is 0.219. The van der Waals surface area contributed by atoms with E-state index in [0.29, 0.717) is 5.16 Å². The van der Waals surface area contributed by atoms with E-state index in [4.69, 9.17) is 5.73 Å². The quantitative estimate of drug-likeness (QED) is 0.741. The summed E-state index contributed by atoms with van der Waals surface area (Å²) in [4.78, 5) is 19.2. The van der Waals surface area contributed by atoms with Gasteiger partial charge in [-0.1, -0.05) is 33.8 Å². The van der Waals surface area contributed by atoms with Crippen LogP contribution in [0.4, 0.5) is 5.82 Å². The van der Waals surface area contributed by atoms with Crippen LogP contribution in [-0.2, 0) is 6.54 Å². The number of aromatic amines is 1. The number of H-pyrrole nitrogens is 1. The van der Waals surface area contributed by atoms with Crippen molar-refractivity contribution in [2.75, 3.05) is 12.8 Å². The fourth-order valence-corrected chi connectivity index (χ4v) is 3.05. The second-order valence-corrected chi connectivity index (χ2v) is 5.81. The molecule has 0 aliphatic carbocycles. The summed E-state index contributed by atoms with van der Waals surface area (Å²) in [5.74, 6) is 0.219. The number of benzene rings is 1. The first-order valence-electron chi connectivity index (χ1n) is 5.56. The summed E-state index contributed by atoms with van der Waals surface area (Å²) in [5, 5.41) is 3.59. The molecule has 1 aromatic carbocycles. The zero-order chi connectivity index (χ0) is 13.8. The van der Waals surface area contributed by atoms with Crippen molar-refractivity contribution < 1.29 is 0 Å². The van der Waals surface area contributed by atoms with Crippen LogP contribution in [-0.4, -0.2) is 17.0 Å². The van der Waals surface area contributed by atoms with Crippen LogP contribution >= 0.6 is 27.7 Å². The second-order valence-electron chi connectivity index (χ2n) is 3.86. The Labute approximate surface area is 123 Å². The van der Waals surface area contributed by atoms with E-state index in [0.717, 1.165) is 21.5 Å². The molecule has 0 aliphatic heterocycles. The molecule has 0 unspecified atom stereocenters. The molecule has 4 N–H and O–H groups in total. The minimum atomic E-state index is -0.250. The maximum atomic E-state index is 11.4. The van der Waals surface area contributed by atoms with Gasteiger partial charge in [0, 0.05) is 22.0 Å². The smallest absolute Gasteiger partial charge is 0.253 e. The third kappa shape index (κ3) is 3.82. The van der Waals surface area contributed by atoms with Crippen molar-refractivity contribution in [2.45, 2.75) is 16.6 Å². The van der Waals surface area contributed by atoms with Gasteiger partial charge in [-0.2, -0.15) is 0 Å². The highest BCUT2D eigenvalue weighted by Crippen LogP contribution is 2.30. The number of hydrogen-bond donors (Lipinski definition) is 3. The highest BCUT2D eigenvalue weighted by Gasteiger charge is 2.07. The zero-order valence-corrected chi connectivity index (χ0v) is 12.6. The lowest BCUT2D eigenvalue weighted by Gasteiger charge is -2.09. The molecule has 1 aromatic heterocycles. The van der Waals surface area contributed by atoms with Gasteiger partial charge in [0.2, 0.25) is 0 Å². The highest BCUT2D eigenvalue weighted by atomic mass is 79.9. The van der Waals surface area contributed by atoms with Crippen molar-refractivity contribution in [3.8, 4) is 0 Å². The summed E-state index contributed by atoms with van der Waals surface area (Å²) in [5.41, 5.74) is 6.45. The van der Waals surface area contributed by atoms with E-state index in [9.17, 15) is 4.79 Å². The summed E-state index contributed by atoms with van der Waals surface area (Å²) in [7, 11) is 1.89. The first-order chi connectivity index (χ1) is 9.08. The number of rotatable bonds is 4. The fraction of sp³-hybridized carbons (Fsp3) is 0.167. The molecule has 0 bridgehead atoms. The van der Waals surface area contributed by atoms with Crippen LogP contribution in [0.25, 0.3) is 0 Å². The van der Waals surface area contributed by atoms with Crippen LogP contribution in [0.2, 0.25) is 0 Å². The van der Waals surface area contributed by atoms with Gasteiger partial charge in [-0.3, -0.25) is 4.79 Å². The van der Waals surface area contributed by atoms with E-state index in [-0.39, 0.29) is 11.4 Å². The topological polar surface area (TPSA) is 83.8 Å². The van der Waals surface area contributed by atoms with Gasteiger partial charge in [-0.05, 0) is 24.7 Å². The van der Waals surface area contributed by atoms with E-state index in [1.165, 1.54) is 17.8 Å². The third-order valence-corrected chi connectivity index (χ3v) is 3.82. The van der Waals surface area contributed by atoms with Crippen LogP contribution in [0.1, 0.15) is 5.56 Å². The molecular formula is C12H13BrN4OS. The molecule has 0 spiro atoms. The summed E-state index contributed by atoms with van der Waals surface area (Å²) >= 11 is 4.82. The van der Waals surface area contributed by atoms with Crippen LogP contribution in [0.3, 0.4) is 0 Å². The van der Waals surface area contributed by atoms with Crippen LogP contribution in [0.5, 0.6) is 0 Å². The lowest BCUT2D eigenvalue weighted by Crippen LogP contribution is -2.10. The molecule has 2 rings (SSSR count). The maximum Gasteiger partial charge on any atom is 0.253 e. The molecule has 5 nitrogen and oxygen atoms in total. The van der Waals surface area contributed by atoms with Gasteiger partial charge in [0.25, 0.3) is 5.56 Å². The SMILES string of the molecule is CNCc1ccc(Br)cc1Sc1nc(N)cc(=O)[nH]1. The number of halogens is 1. The minimum Gasteiger partial charge on any atom is -0.383 e. The normalized spacial score (nSPS) is 10.6. The van der Waals surface area contributed by atoms with Crippen molar-refractivity contribution in [2.24, 2.45) is 0 Å². The molecule has 0 saturated heterocycles. The molecule has 0 radical (unpaired) electrons. The number of nitrogens with two attached hydrogens (primary N) is 1. The summed E-state index contributed by atoms with van der Waals surface area (Å²) < 4.78 is 0.973. The van der Waals surface area contributed by atoms with E-state index in [1.807, 2.05) is 25.2 Å². The number of anilines is 1.